The Labute approximate surface area is 225 Å². The first-order valence-electron chi connectivity index (χ1n) is 13.1. The van der Waals surface area contributed by atoms with Crippen molar-refractivity contribution >= 4 is 43.5 Å². The summed E-state index contributed by atoms with van der Waals surface area (Å²) in [6.45, 7) is 0. The number of para-hydroxylation sites is 1. The standard InChI is InChI=1S/C36H22N2O/c1-2-11-24-23(10-1)22-30-28-14-5-6-18-34(28)39-36(30)35(24)29-20-19-27(25-12-3-4-13-26(25)29)31-16-9-17-33(38-31)32-15-7-8-21-37-32/h1-22H. The van der Waals surface area contributed by atoms with E-state index in [1.807, 2.05) is 36.4 Å². The van der Waals surface area contributed by atoms with Crippen LogP contribution in [0.1, 0.15) is 0 Å². The topological polar surface area (TPSA) is 38.9 Å². The molecule has 3 heteroatoms. The van der Waals surface area contributed by atoms with Crippen molar-refractivity contribution in [2.24, 2.45) is 0 Å². The molecule has 8 aromatic rings. The van der Waals surface area contributed by atoms with E-state index in [9.17, 15) is 0 Å². The molecule has 0 N–H and O–H groups in total. The highest BCUT2D eigenvalue weighted by Crippen LogP contribution is 2.44. The first-order chi connectivity index (χ1) is 19.3. The second kappa shape index (κ2) is 8.64. The minimum absolute atomic E-state index is 0.860. The van der Waals surface area contributed by atoms with Crippen LogP contribution in [0.3, 0.4) is 0 Å². The van der Waals surface area contributed by atoms with Crippen molar-refractivity contribution in [2.75, 3.05) is 0 Å². The molecule has 5 aromatic carbocycles. The quantitative estimate of drug-likeness (QED) is 0.243. The summed E-state index contributed by atoms with van der Waals surface area (Å²) in [5, 5.41) is 6.96. The maximum absolute atomic E-state index is 6.56. The van der Waals surface area contributed by atoms with Crippen molar-refractivity contribution in [2.45, 2.75) is 0 Å². The zero-order valence-electron chi connectivity index (χ0n) is 21.0. The number of hydrogen-bond acceptors (Lipinski definition) is 3. The van der Waals surface area contributed by atoms with Gasteiger partial charge in [-0.2, -0.15) is 0 Å². The van der Waals surface area contributed by atoms with Gasteiger partial charge >= 0.3 is 0 Å². The Balaban J connectivity index is 1.42. The van der Waals surface area contributed by atoms with Gasteiger partial charge in [-0.1, -0.05) is 91.0 Å². The van der Waals surface area contributed by atoms with Crippen LogP contribution in [-0.2, 0) is 0 Å². The van der Waals surface area contributed by atoms with Crippen LogP contribution in [0.2, 0.25) is 0 Å². The lowest BCUT2D eigenvalue weighted by Crippen LogP contribution is -1.92. The van der Waals surface area contributed by atoms with Crippen LogP contribution in [-0.4, -0.2) is 9.97 Å². The largest absolute Gasteiger partial charge is 0.455 e. The molecule has 0 saturated heterocycles. The average molecular weight is 499 g/mol. The fourth-order valence-corrected chi connectivity index (χ4v) is 5.77. The van der Waals surface area contributed by atoms with E-state index in [-0.39, 0.29) is 0 Å². The molecular weight excluding hydrogens is 476 g/mol. The monoisotopic (exact) mass is 498 g/mol. The van der Waals surface area contributed by atoms with Crippen LogP contribution >= 0.6 is 0 Å². The zero-order valence-corrected chi connectivity index (χ0v) is 21.0. The second-order valence-electron chi connectivity index (χ2n) is 9.78. The SMILES string of the molecule is c1ccc(-c2cccc(-c3ccc(-c4c5ccccc5cc5c4oc4ccccc45)c4ccccc34)n2)nc1. The number of rotatable bonds is 3. The van der Waals surface area contributed by atoms with Crippen molar-refractivity contribution in [3.05, 3.63) is 134 Å². The Morgan fingerprint density at radius 3 is 1.97 bits per heavy atom. The van der Waals surface area contributed by atoms with Gasteiger partial charge in [0.25, 0.3) is 0 Å². The van der Waals surface area contributed by atoms with Gasteiger partial charge in [0.2, 0.25) is 0 Å². The molecule has 0 spiro atoms. The fourth-order valence-electron chi connectivity index (χ4n) is 5.77. The van der Waals surface area contributed by atoms with Crippen LogP contribution < -0.4 is 0 Å². The Bertz CT molecular complexity index is 2180. The summed E-state index contributed by atoms with van der Waals surface area (Å²) in [6, 6.07) is 44.2. The van der Waals surface area contributed by atoms with E-state index in [1.165, 1.54) is 10.8 Å². The molecule has 0 bridgehead atoms. The summed E-state index contributed by atoms with van der Waals surface area (Å²) in [5.74, 6) is 0. The molecule has 0 aliphatic rings. The predicted octanol–water partition coefficient (Wildman–Crippen LogP) is 9.68. The van der Waals surface area contributed by atoms with Crippen LogP contribution in [0.5, 0.6) is 0 Å². The van der Waals surface area contributed by atoms with E-state index in [0.717, 1.165) is 66.5 Å². The van der Waals surface area contributed by atoms with Gasteiger partial charge in [-0.05, 0) is 63.5 Å². The molecule has 0 amide bonds. The van der Waals surface area contributed by atoms with Crippen molar-refractivity contribution in [1.29, 1.82) is 0 Å². The Hall–Kier alpha value is -5.28. The van der Waals surface area contributed by atoms with E-state index < -0.39 is 0 Å². The van der Waals surface area contributed by atoms with Gasteiger partial charge in [0.05, 0.1) is 17.1 Å². The number of pyridine rings is 2. The van der Waals surface area contributed by atoms with Gasteiger partial charge in [-0.15, -0.1) is 0 Å². The highest BCUT2D eigenvalue weighted by atomic mass is 16.3. The number of aromatic nitrogens is 2. The Morgan fingerprint density at radius 1 is 0.462 bits per heavy atom. The van der Waals surface area contributed by atoms with E-state index in [1.54, 1.807) is 6.20 Å². The molecule has 3 nitrogen and oxygen atoms in total. The summed E-state index contributed by atoms with van der Waals surface area (Å²) in [6.07, 6.45) is 1.80. The first-order valence-corrected chi connectivity index (χ1v) is 13.1. The van der Waals surface area contributed by atoms with Crippen LogP contribution in [0, 0.1) is 0 Å². The number of hydrogen-bond donors (Lipinski definition) is 0. The minimum Gasteiger partial charge on any atom is -0.455 e. The lowest BCUT2D eigenvalue weighted by atomic mass is 9.89. The van der Waals surface area contributed by atoms with Crippen molar-refractivity contribution < 1.29 is 4.42 Å². The highest BCUT2D eigenvalue weighted by molar-refractivity contribution is 6.21. The molecule has 8 rings (SSSR count). The van der Waals surface area contributed by atoms with E-state index >= 15 is 0 Å². The fraction of sp³-hybridized carbons (Fsp3) is 0. The molecule has 3 aromatic heterocycles. The normalized spacial score (nSPS) is 11.6. The summed E-state index contributed by atoms with van der Waals surface area (Å²) in [7, 11) is 0. The van der Waals surface area contributed by atoms with Gasteiger partial charge in [0.15, 0.2) is 0 Å². The van der Waals surface area contributed by atoms with E-state index in [4.69, 9.17) is 9.40 Å². The number of furan rings is 1. The number of nitrogens with zero attached hydrogens (tertiary/aromatic N) is 2. The third kappa shape index (κ3) is 3.44. The van der Waals surface area contributed by atoms with Gasteiger partial charge < -0.3 is 4.42 Å². The molecule has 0 fully saturated rings. The van der Waals surface area contributed by atoms with Crippen molar-refractivity contribution in [3.63, 3.8) is 0 Å². The molecule has 182 valence electrons. The molecule has 0 unspecified atom stereocenters. The molecule has 0 saturated carbocycles. The van der Waals surface area contributed by atoms with Gasteiger partial charge in [-0.3, -0.25) is 4.98 Å². The Morgan fingerprint density at radius 2 is 1.13 bits per heavy atom. The third-order valence-electron chi connectivity index (χ3n) is 7.54. The van der Waals surface area contributed by atoms with Gasteiger partial charge in [0.1, 0.15) is 11.2 Å². The molecule has 0 radical (unpaired) electrons. The van der Waals surface area contributed by atoms with Crippen LogP contribution in [0.4, 0.5) is 0 Å². The van der Waals surface area contributed by atoms with E-state index in [0.29, 0.717) is 0 Å². The highest BCUT2D eigenvalue weighted by Gasteiger charge is 2.19. The maximum Gasteiger partial charge on any atom is 0.143 e. The minimum atomic E-state index is 0.860. The molecule has 39 heavy (non-hydrogen) atoms. The molecule has 0 aliphatic heterocycles. The maximum atomic E-state index is 6.56. The Kier molecular flexibility index (Phi) is 4.82. The van der Waals surface area contributed by atoms with Crippen molar-refractivity contribution in [3.8, 4) is 33.8 Å². The molecule has 0 atom stereocenters. The van der Waals surface area contributed by atoms with Gasteiger partial charge in [0, 0.05) is 28.1 Å². The molecule has 0 aliphatic carbocycles. The molecule has 3 heterocycles. The summed E-state index contributed by atoms with van der Waals surface area (Å²) in [4.78, 5) is 9.52. The zero-order chi connectivity index (χ0) is 25.8. The van der Waals surface area contributed by atoms with Crippen LogP contribution in [0.15, 0.2) is 138 Å². The number of benzene rings is 5. The second-order valence-corrected chi connectivity index (χ2v) is 9.78. The predicted molar refractivity (Wildman–Crippen MR) is 161 cm³/mol. The van der Waals surface area contributed by atoms with Gasteiger partial charge in [-0.25, -0.2) is 4.98 Å². The first kappa shape index (κ1) is 21.8. The molecular formula is C36H22N2O. The van der Waals surface area contributed by atoms with Crippen LogP contribution in [0.25, 0.3) is 77.3 Å². The summed E-state index contributed by atoms with van der Waals surface area (Å²) < 4.78 is 6.56. The third-order valence-corrected chi connectivity index (χ3v) is 7.54. The summed E-state index contributed by atoms with van der Waals surface area (Å²) in [5.41, 5.74) is 7.83. The van der Waals surface area contributed by atoms with E-state index in [2.05, 4.69) is 96.0 Å². The lowest BCUT2D eigenvalue weighted by molar-refractivity contribution is 0.670. The lowest BCUT2D eigenvalue weighted by Gasteiger charge is -2.14. The van der Waals surface area contributed by atoms with Crippen molar-refractivity contribution in [1.82, 2.24) is 9.97 Å². The number of fused-ring (bicyclic) bond motifs is 5. The smallest absolute Gasteiger partial charge is 0.143 e. The summed E-state index contributed by atoms with van der Waals surface area (Å²) >= 11 is 0. The average Bonchev–Trinajstić information content (AvgIpc) is 3.38.